The lowest BCUT2D eigenvalue weighted by Crippen LogP contribution is -2.35. The highest BCUT2D eigenvalue weighted by atomic mass is 19.4. The summed E-state index contributed by atoms with van der Waals surface area (Å²) in [5.74, 6) is -3.39. The third kappa shape index (κ3) is 4.72. The smallest absolute Gasteiger partial charge is 0.427 e. The quantitative estimate of drug-likeness (QED) is 0.185. The summed E-state index contributed by atoms with van der Waals surface area (Å²) in [5.41, 5.74) is -1.11. The van der Waals surface area contributed by atoms with Crippen molar-refractivity contribution in [3.8, 4) is 0 Å². The molecule has 0 N–H and O–H groups in total. The van der Waals surface area contributed by atoms with Crippen LogP contribution in [-0.2, 0) is 19.1 Å². The van der Waals surface area contributed by atoms with Gasteiger partial charge in [-0.25, -0.2) is 9.18 Å². The SMILES string of the molecule is CCOC=C(C(=O)OCC)C(=O)C(F)C(F)(F)F. The first-order chi connectivity index (χ1) is 8.25. The van der Waals surface area contributed by atoms with Crippen molar-refractivity contribution in [1.82, 2.24) is 0 Å². The van der Waals surface area contributed by atoms with Gasteiger partial charge in [0.25, 0.3) is 6.17 Å². The van der Waals surface area contributed by atoms with Gasteiger partial charge < -0.3 is 9.47 Å². The highest BCUT2D eigenvalue weighted by Gasteiger charge is 2.47. The van der Waals surface area contributed by atoms with Crippen LogP contribution in [0.4, 0.5) is 17.6 Å². The first kappa shape index (κ1) is 16.4. The molecule has 0 heterocycles. The molecular formula is C10H12F4O4. The third-order valence-corrected chi connectivity index (χ3v) is 1.65. The summed E-state index contributed by atoms with van der Waals surface area (Å²) >= 11 is 0. The highest BCUT2D eigenvalue weighted by Crippen LogP contribution is 2.26. The number of carbonyl (C=O) groups is 2. The summed E-state index contributed by atoms with van der Waals surface area (Å²) < 4.78 is 57.7. The van der Waals surface area contributed by atoms with E-state index in [2.05, 4.69) is 9.47 Å². The molecular weight excluding hydrogens is 260 g/mol. The molecule has 1 atom stereocenters. The van der Waals surface area contributed by atoms with Crippen LogP contribution in [0.3, 0.4) is 0 Å². The number of rotatable bonds is 6. The molecule has 18 heavy (non-hydrogen) atoms. The third-order valence-electron chi connectivity index (χ3n) is 1.65. The minimum absolute atomic E-state index is 0.000838. The second-order valence-corrected chi connectivity index (χ2v) is 2.98. The Morgan fingerprint density at radius 1 is 1.22 bits per heavy atom. The van der Waals surface area contributed by atoms with Gasteiger partial charge in [-0.3, -0.25) is 4.79 Å². The van der Waals surface area contributed by atoms with Crippen LogP contribution in [0.15, 0.2) is 11.8 Å². The zero-order chi connectivity index (χ0) is 14.3. The Morgan fingerprint density at radius 2 is 1.78 bits per heavy atom. The molecule has 0 radical (unpaired) electrons. The van der Waals surface area contributed by atoms with Crippen LogP contribution in [0.5, 0.6) is 0 Å². The van der Waals surface area contributed by atoms with Crippen molar-refractivity contribution in [2.24, 2.45) is 0 Å². The minimum Gasteiger partial charge on any atom is -0.500 e. The van der Waals surface area contributed by atoms with E-state index in [0.717, 1.165) is 0 Å². The number of ketones is 1. The number of ether oxygens (including phenoxy) is 2. The van der Waals surface area contributed by atoms with Crippen molar-refractivity contribution in [3.63, 3.8) is 0 Å². The van der Waals surface area contributed by atoms with Gasteiger partial charge in [0.05, 0.1) is 13.2 Å². The van der Waals surface area contributed by atoms with Crippen molar-refractivity contribution in [2.75, 3.05) is 13.2 Å². The fourth-order valence-electron chi connectivity index (χ4n) is 0.867. The maximum atomic E-state index is 12.8. The zero-order valence-electron chi connectivity index (χ0n) is 9.71. The van der Waals surface area contributed by atoms with Crippen molar-refractivity contribution in [1.29, 1.82) is 0 Å². The number of hydrogen-bond donors (Lipinski definition) is 0. The molecule has 0 spiro atoms. The fraction of sp³-hybridized carbons (Fsp3) is 0.600. The van der Waals surface area contributed by atoms with E-state index in [9.17, 15) is 27.2 Å². The highest BCUT2D eigenvalue weighted by molar-refractivity contribution is 6.18. The lowest BCUT2D eigenvalue weighted by atomic mass is 10.1. The van der Waals surface area contributed by atoms with Crippen molar-refractivity contribution in [2.45, 2.75) is 26.2 Å². The van der Waals surface area contributed by atoms with E-state index >= 15 is 0 Å². The summed E-state index contributed by atoms with van der Waals surface area (Å²) in [4.78, 5) is 22.4. The lowest BCUT2D eigenvalue weighted by Gasteiger charge is -2.12. The molecule has 0 amide bonds. The molecule has 0 bridgehead atoms. The van der Waals surface area contributed by atoms with Crippen LogP contribution >= 0.6 is 0 Å². The maximum absolute atomic E-state index is 12.8. The lowest BCUT2D eigenvalue weighted by molar-refractivity contribution is -0.183. The van der Waals surface area contributed by atoms with Gasteiger partial charge in [-0.05, 0) is 13.8 Å². The van der Waals surface area contributed by atoms with E-state index < -0.39 is 29.7 Å². The maximum Gasteiger partial charge on any atom is 0.427 e. The minimum atomic E-state index is -5.38. The fourth-order valence-corrected chi connectivity index (χ4v) is 0.867. The summed E-state index contributed by atoms with van der Waals surface area (Å²) in [6.07, 6.45) is -8.69. The molecule has 0 fully saturated rings. The van der Waals surface area contributed by atoms with E-state index in [4.69, 9.17) is 0 Å². The van der Waals surface area contributed by atoms with E-state index in [1.165, 1.54) is 13.8 Å². The Morgan fingerprint density at radius 3 is 2.17 bits per heavy atom. The van der Waals surface area contributed by atoms with Gasteiger partial charge in [0.2, 0.25) is 5.78 Å². The number of Topliss-reactive ketones (excluding diaryl/α,β-unsaturated/α-hetero) is 1. The summed E-state index contributed by atoms with van der Waals surface area (Å²) in [7, 11) is 0. The topological polar surface area (TPSA) is 52.6 Å². The summed E-state index contributed by atoms with van der Waals surface area (Å²) in [5, 5.41) is 0. The molecule has 0 aromatic carbocycles. The van der Waals surface area contributed by atoms with Gasteiger partial charge in [0, 0.05) is 0 Å². The van der Waals surface area contributed by atoms with Crippen molar-refractivity contribution in [3.05, 3.63) is 11.8 Å². The van der Waals surface area contributed by atoms with Crippen LogP contribution in [0.2, 0.25) is 0 Å². The first-order valence-electron chi connectivity index (χ1n) is 4.99. The van der Waals surface area contributed by atoms with Crippen LogP contribution < -0.4 is 0 Å². The number of esters is 1. The van der Waals surface area contributed by atoms with Crippen LogP contribution in [-0.4, -0.2) is 37.3 Å². The second kappa shape index (κ2) is 6.97. The first-order valence-corrected chi connectivity index (χ1v) is 4.99. The Kier molecular flexibility index (Phi) is 6.35. The average Bonchev–Trinajstić information content (AvgIpc) is 2.27. The van der Waals surface area contributed by atoms with E-state index in [1.54, 1.807) is 0 Å². The van der Waals surface area contributed by atoms with Gasteiger partial charge in [0.1, 0.15) is 11.8 Å². The molecule has 1 unspecified atom stereocenters. The van der Waals surface area contributed by atoms with Gasteiger partial charge >= 0.3 is 12.1 Å². The molecule has 0 aliphatic heterocycles. The standard InChI is InChI=1S/C10H12F4O4/c1-3-17-5-6(9(16)18-4-2)7(15)8(11)10(12,13)14/h5,8H,3-4H2,1-2H3. The number of halogens is 4. The van der Waals surface area contributed by atoms with E-state index in [0.29, 0.717) is 6.26 Å². The monoisotopic (exact) mass is 272 g/mol. The predicted molar refractivity (Wildman–Crippen MR) is 52.3 cm³/mol. The van der Waals surface area contributed by atoms with Gasteiger partial charge in [-0.15, -0.1) is 0 Å². The molecule has 0 aromatic rings. The second-order valence-electron chi connectivity index (χ2n) is 2.98. The summed E-state index contributed by atoms with van der Waals surface area (Å²) in [6, 6.07) is 0. The molecule has 8 heteroatoms. The van der Waals surface area contributed by atoms with Gasteiger partial charge in [-0.1, -0.05) is 0 Å². The number of carbonyl (C=O) groups excluding carboxylic acids is 2. The molecule has 0 rings (SSSR count). The number of hydrogen-bond acceptors (Lipinski definition) is 4. The van der Waals surface area contributed by atoms with Gasteiger partial charge in [0.15, 0.2) is 0 Å². The largest absolute Gasteiger partial charge is 0.500 e. The van der Waals surface area contributed by atoms with Crippen molar-refractivity contribution < 1.29 is 36.6 Å². The zero-order valence-corrected chi connectivity index (χ0v) is 9.71. The predicted octanol–water partition coefficient (Wildman–Crippen LogP) is 1.94. The van der Waals surface area contributed by atoms with Crippen molar-refractivity contribution >= 4 is 11.8 Å². The molecule has 4 nitrogen and oxygen atoms in total. The molecule has 0 aliphatic carbocycles. The molecule has 104 valence electrons. The molecule has 0 saturated heterocycles. The van der Waals surface area contributed by atoms with E-state index in [-0.39, 0.29) is 13.2 Å². The Labute approximate surface area is 101 Å². The molecule has 0 saturated carbocycles. The van der Waals surface area contributed by atoms with Crippen LogP contribution in [0.1, 0.15) is 13.8 Å². The van der Waals surface area contributed by atoms with Gasteiger partial charge in [-0.2, -0.15) is 13.2 Å². The summed E-state index contributed by atoms with van der Waals surface area (Å²) in [6.45, 7) is 2.69. The number of alkyl halides is 4. The Balaban J connectivity index is 5.09. The Hall–Kier alpha value is -1.60. The normalized spacial score (nSPS) is 14.0. The molecule has 0 aliphatic rings. The molecule has 0 aromatic heterocycles. The average molecular weight is 272 g/mol. The van der Waals surface area contributed by atoms with E-state index in [1.807, 2.05) is 0 Å². The Bertz CT molecular complexity index is 335. The van der Waals surface area contributed by atoms with Crippen LogP contribution in [0, 0.1) is 0 Å². The van der Waals surface area contributed by atoms with Crippen LogP contribution in [0.25, 0.3) is 0 Å².